The monoisotopic (exact) mass is 1890 g/mol. The summed E-state index contributed by atoms with van der Waals surface area (Å²) in [6.45, 7) is 0. The first-order valence-corrected chi connectivity index (χ1v) is 49.8. The summed E-state index contributed by atoms with van der Waals surface area (Å²) < 4.78 is 21.4. The van der Waals surface area contributed by atoms with Gasteiger partial charge in [0.1, 0.15) is 0 Å². The zero-order valence-electron chi connectivity index (χ0n) is 78.1. The Morgan fingerprint density at radius 2 is 0.290 bits per heavy atom. The van der Waals surface area contributed by atoms with E-state index in [9.17, 15) is 5.26 Å². The molecule has 10 nitrogen and oxygen atoms in total. The van der Waals surface area contributed by atoms with Gasteiger partial charge in [-0.3, -0.25) is 0 Å². The summed E-state index contributed by atoms with van der Waals surface area (Å²) in [5, 5.41) is 32.8. The van der Waals surface area contributed by atoms with Crippen LogP contribution in [0.4, 0.5) is 0 Å². The first-order valence-electron chi connectivity index (χ1n) is 49.0. The van der Waals surface area contributed by atoms with E-state index in [0.29, 0.717) is 15.6 Å². The van der Waals surface area contributed by atoms with Crippen molar-refractivity contribution in [1.29, 1.82) is 5.26 Å². The largest absolute Gasteiger partial charge is 0.309 e. The molecule has 0 radical (unpaired) electrons. The normalized spacial score (nSPS) is 11.9. The second-order valence-electron chi connectivity index (χ2n) is 37.6. The number of nitriles is 1. The molecule has 0 amide bonds. The molecule has 0 N–H and O–H groups in total. The van der Waals surface area contributed by atoms with E-state index in [1.807, 2.05) is 36.4 Å². The highest BCUT2D eigenvalue weighted by atomic mass is 35.5. The lowest BCUT2D eigenvalue weighted by atomic mass is 10.1. The van der Waals surface area contributed by atoms with Gasteiger partial charge in [-0.25, -0.2) is 0 Å². The summed E-state index contributed by atoms with van der Waals surface area (Å²) in [6, 6.07) is 181. The first-order chi connectivity index (χ1) is 71.7. The molecule has 9 heterocycles. The summed E-state index contributed by atoms with van der Waals surface area (Å²) in [6.07, 6.45) is 0. The molecule has 31 aromatic rings. The summed E-state index contributed by atoms with van der Waals surface area (Å²) in [4.78, 5) is 0. The molecule has 0 saturated heterocycles. The van der Waals surface area contributed by atoms with Crippen molar-refractivity contribution in [3.63, 3.8) is 0 Å². The van der Waals surface area contributed by atoms with Crippen LogP contribution in [-0.2, 0) is 0 Å². The minimum atomic E-state index is 0.603. The molecule has 0 atom stereocenters. The Hall–Kier alpha value is -18.9. The lowest BCUT2D eigenvalue weighted by Gasteiger charge is -2.11. The van der Waals surface area contributed by atoms with Crippen LogP contribution in [0.15, 0.2) is 497 Å². The van der Waals surface area contributed by atoms with E-state index in [2.05, 4.69) is 502 Å². The van der Waals surface area contributed by atoms with Crippen LogP contribution < -0.4 is 0 Å². The van der Waals surface area contributed by atoms with E-state index < -0.39 is 0 Å². The van der Waals surface area contributed by atoms with Crippen LogP contribution in [0, 0.1) is 11.3 Å². The predicted molar refractivity (Wildman–Crippen MR) is 609 cm³/mol. The summed E-state index contributed by atoms with van der Waals surface area (Å²) >= 11 is 13.1. The molecule has 0 aliphatic heterocycles. The van der Waals surface area contributed by atoms with Gasteiger partial charge in [-0.2, -0.15) is 5.26 Å². The van der Waals surface area contributed by atoms with Crippen LogP contribution in [0.3, 0.4) is 0 Å². The number of hydrogen-bond donors (Lipinski definition) is 0. The maximum Gasteiger partial charge on any atom is 0.0991 e. The molecule has 9 aromatic heterocycles. The van der Waals surface area contributed by atoms with Gasteiger partial charge in [0, 0.05) is 158 Å². The van der Waals surface area contributed by atoms with E-state index in [0.717, 1.165) is 84.0 Å². The van der Waals surface area contributed by atoms with Gasteiger partial charge in [-0.05, 0) is 248 Å². The molecule has 0 unspecified atom stereocenters. The second-order valence-corrected chi connectivity index (χ2v) is 38.5. The van der Waals surface area contributed by atoms with E-state index in [1.165, 1.54) is 175 Å². The quantitative estimate of drug-likeness (QED) is 0.135. The molecule has 145 heavy (non-hydrogen) atoms. The highest BCUT2D eigenvalue weighted by Gasteiger charge is 2.26. The topological polar surface area (TPSA) is 68.2 Å². The smallest absolute Gasteiger partial charge is 0.0991 e. The van der Waals surface area contributed by atoms with Gasteiger partial charge < -0.3 is 41.1 Å². The maximum absolute atomic E-state index is 9.48. The van der Waals surface area contributed by atoms with E-state index in [4.69, 9.17) is 23.2 Å². The van der Waals surface area contributed by atoms with Crippen molar-refractivity contribution < 1.29 is 0 Å². The van der Waals surface area contributed by atoms with Gasteiger partial charge in [0.05, 0.1) is 111 Å². The fourth-order valence-corrected chi connectivity index (χ4v) is 24.2. The number of fused-ring (bicyclic) bond motifs is 27. The third kappa shape index (κ3) is 13.1. The Morgan fingerprint density at radius 1 is 0.131 bits per heavy atom. The molecule has 12 heteroatoms. The van der Waals surface area contributed by atoms with Crippen LogP contribution in [0.1, 0.15) is 5.56 Å². The van der Waals surface area contributed by atoms with Gasteiger partial charge in [0.2, 0.25) is 0 Å². The number of rotatable bonds is 10. The molecule has 678 valence electrons. The zero-order valence-corrected chi connectivity index (χ0v) is 79.6. The maximum atomic E-state index is 9.48. The number of hydrogen-bond acceptors (Lipinski definition) is 1. The molecule has 0 aliphatic rings. The van der Waals surface area contributed by atoms with Gasteiger partial charge >= 0.3 is 0 Å². The average Bonchev–Trinajstić information content (AvgIpc) is 1.57. The SMILES string of the molecule is Clc1cc(Cl)cc(-n2c3ccc(-n4c5ccccc5c5ccccc54)cc3c3cc(-n4c5ccccc5c5ccccc54)ccc32)c1.N#Cc1ccc(-n2c3ccc(-n4c5ccccc5c5ccccc54)cc3c3cc(-n4c5ccccc5c5ccccc54)ccc32)cc1.c1ccc(-c2ccc(-n3c4ccc(-n5c6ccccc6c6ccccc65)cc4c4cc(-n5c6ccccc6c6ccccc65)ccc43)cc2)cc1. The summed E-state index contributed by atoms with van der Waals surface area (Å²) in [5.74, 6) is 0. The Balaban J connectivity index is 0.000000103. The van der Waals surface area contributed by atoms with Crippen molar-refractivity contribution in [3.8, 4) is 68.4 Å². The van der Waals surface area contributed by atoms with Crippen LogP contribution in [-0.4, -0.2) is 41.1 Å². The molecular weight excluding hydrogens is 1810 g/mol. The van der Waals surface area contributed by atoms with E-state index >= 15 is 0 Å². The molecule has 31 rings (SSSR count). The fraction of sp³-hybridized carbons (Fsp3) is 0. The average molecular weight is 1890 g/mol. The number of aromatic nitrogens is 9. The van der Waals surface area contributed by atoms with E-state index in [-0.39, 0.29) is 0 Å². The van der Waals surface area contributed by atoms with Crippen molar-refractivity contribution in [2.24, 2.45) is 0 Å². The third-order valence-electron chi connectivity index (χ3n) is 29.8. The van der Waals surface area contributed by atoms with Gasteiger partial charge in [-0.15, -0.1) is 0 Å². The van der Waals surface area contributed by atoms with E-state index in [1.54, 1.807) is 6.07 Å². The number of halogens is 2. The Kier molecular flexibility index (Phi) is 19.0. The van der Waals surface area contributed by atoms with Crippen LogP contribution in [0.5, 0.6) is 0 Å². The molecule has 0 spiro atoms. The number of nitrogens with zero attached hydrogens (tertiary/aromatic N) is 10. The highest BCUT2D eigenvalue weighted by Crippen LogP contribution is 2.47. The second kappa shape index (κ2) is 33.1. The van der Waals surface area contributed by atoms with Crippen molar-refractivity contribution in [2.75, 3.05) is 0 Å². The van der Waals surface area contributed by atoms with Crippen molar-refractivity contribution in [1.82, 2.24) is 41.1 Å². The third-order valence-corrected chi connectivity index (χ3v) is 30.3. The summed E-state index contributed by atoms with van der Waals surface area (Å²) in [7, 11) is 0. The van der Waals surface area contributed by atoms with Crippen molar-refractivity contribution >= 4 is 219 Å². The number of para-hydroxylation sites is 12. The molecular formula is C133H82Cl2N10. The lowest BCUT2D eigenvalue weighted by molar-refractivity contribution is 1.16. The molecule has 0 bridgehead atoms. The minimum absolute atomic E-state index is 0.603. The van der Waals surface area contributed by atoms with Gasteiger partial charge in [0.15, 0.2) is 0 Å². The Labute approximate surface area is 841 Å². The number of benzene rings is 22. The molecule has 22 aromatic carbocycles. The predicted octanol–water partition coefficient (Wildman–Crippen LogP) is 35.8. The standard InChI is InChI=1S/C48H31N3.C43H26N4.C42H25Cl2N3/c1-2-12-32(13-3-1)33-22-24-34(25-23-33)49-47-28-26-35(50-43-18-8-4-14-37(43)38-15-5-9-19-44(38)50)30-41(47)42-31-36(27-29-48(42)49)51-45-20-10-6-16-39(45)40-17-7-11-21-46(40)51;44-27-28-17-19-29(20-18-28)45-42-23-21-30(46-38-13-5-1-9-32(38)33-10-2-6-14-39(33)46)25-36(42)37-26-31(22-24-43(37)45)47-40-15-7-3-11-34(40)35-12-4-8-16-41(35)47;43-26-21-27(44)23-30(22-26)47-41-19-17-28(45-37-13-5-1-9-31(37)32-10-2-6-14-38(32)45)24-35(41)36-25-29(18-20-42(36)47)46-39-15-7-3-11-33(39)34-12-4-8-16-40(34)46/h1-31H;1-26H;1-25H. The molecule has 0 fully saturated rings. The van der Waals surface area contributed by atoms with Crippen molar-refractivity contribution in [3.05, 3.63) is 513 Å². The highest BCUT2D eigenvalue weighted by molar-refractivity contribution is 6.35. The molecule has 0 saturated carbocycles. The van der Waals surface area contributed by atoms with Crippen LogP contribution in [0.2, 0.25) is 10.0 Å². The summed E-state index contributed by atoms with van der Waals surface area (Å²) in [5.41, 5.74) is 34.1. The van der Waals surface area contributed by atoms with Crippen LogP contribution >= 0.6 is 23.2 Å². The Bertz CT molecular complexity index is 10000. The van der Waals surface area contributed by atoms with Gasteiger partial charge in [0.25, 0.3) is 0 Å². The minimum Gasteiger partial charge on any atom is -0.309 e. The van der Waals surface area contributed by atoms with Crippen LogP contribution in [0.25, 0.3) is 259 Å². The fourth-order valence-electron chi connectivity index (χ4n) is 23.7. The first kappa shape index (κ1) is 83.1. The Morgan fingerprint density at radius 3 is 0.497 bits per heavy atom. The van der Waals surface area contributed by atoms with Gasteiger partial charge in [-0.1, -0.05) is 284 Å². The van der Waals surface area contributed by atoms with Crippen molar-refractivity contribution in [2.45, 2.75) is 0 Å². The lowest BCUT2D eigenvalue weighted by Crippen LogP contribution is -1.96. The zero-order chi connectivity index (χ0) is 95.8. The molecule has 0 aliphatic carbocycles.